The monoisotopic (exact) mass is 255 g/mol. The molecular weight excluding hydrogens is 238 g/mol. The molecular formula is C16H17NO2. The van der Waals surface area contributed by atoms with E-state index in [1.54, 1.807) is 0 Å². The summed E-state index contributed by atoms with van der Waals surface area (Å²) in [6, 6.07) is 20.1. The van der Waals surface area contributed by atoms with E-state index in [9.17, 15) is 4.79 Å². The Hall–Kier alpha value is -2.13. The van der Waals surface area contributed by atoms with E-state index in [1.807, 2.05) is 60.7 Å². The third-order valence-corrected chi connectivity index (χ3v) is 2.95. The lowest BCUT2D eigenvalue weighted by Crippen LogP contribution is -2.25. The lowest BCUT2D eigenvalue weighted by atomic mass is 9.99. The Morgan fingerprint density at radius 3 is 1.84 bits per heavy atom. The van der Waals surface area contributed by atoms with Crippen LogP contribution in [0.5, 0.6) is 0 Å². The van der Waals surface area contributed by atoms with Gasteiger partial charge in [0, 0.05) is 6.54 Å². The van der Waals surface area contributed by atoms with E-state index in [2.05, 4.69) is 5.32 Å². The molecule has 3 heteroatoms. The highest BCUT2D eigenvalue weighted by molar-refractivity contribution is 5.66. The van der Waals surface area contributed by atoms with Gasteiger partial charge in [-0.15, -0.1) is 0 Å². The predicted molar refractivity (Wildman–Crippen MR) is 75.0 cm³/mol. The van der Waals surface area contributed by atoms with Crippen molar-refractivity contribution in [3.8, 4) is 0 Å². The number of rotatable bonds is 6. The van der Waals surface area contributed by atoms with Crippen molar-refractivity contribution in [2.24, 2.45) is 0 Å². The first-order chi connectivity index (χ1) is 9.27. The van der Waals surface area contributed by atoms with Crippen LogP contribution in [-0.4, -0.2) is 17.6 Å². The number of hydrogen-bond donors (Lipinski definition) is 2. The molecule has 2 rings (SSSR count). The zero-order chi connectivity index (χ0) is 13.5. The molecule has 0 radical (unpaired) electrons. The second-order valence-corrected chi connectivity index (χ2v) is 4.35. The third-order valence-electron chi connectivity index (χ3n) is 2.95. The molecule has 0 saturated heterocycles. The van der Waals surface area contributed by atoms with E-state index in [0.29, 0.717) is 6.54 Å². The van der Waals surface area contributed by atoms with Gasteiger partial charge in [0.2, 0.25) is 0 Å². The maximum atomic E-state index is 10.6. The number of carboxylic acids is 1. The Morgan fingerprint density at radius 1 is 0.947 bits per heavy atom. The number of nitrogens with one attached hydrogen (secondary N) is 1. The minimum absolute atomic E-state index is 0.0294. The van der Waals surface area contributed by atoms with Gasteiger partial charge >= 0.3 is 5.97 Å². The Balaban J connectivity index is 2.17. The zero-order valence-corrected chi connectivity index (χ0v) is 10.6. The molecule has 2 N–H and O–H groups in total. The summed E-state index contributed by atoms with van der Waals surface area (Å²) in [5.41, 5.74) is 2.28. The highest BCUT2D eigenvalue weighted by Gasteiger charge is 2.12. The van der Waals surface area contributed by atoms with Crippen LogP contribution >= 0.6 is 0 Å². The molecule has 0 saturated carbocycles. The smallest absolute Gasteiger partial charge is 0.304 e. The highest BCUT2D eigenvalue weighted by Crippen LogP contribution is 2.21. The van der Waals surface area contributed by atoms with E-state index in [1.165, 1.54) is 0 Å². The Morgan fingerprint density at radius 2 is 1.42 bits per heavy atom. The van der Waals surface area contributed by atoms with Crippen molar-refractivity contribution in [1.82, 2.24) is 5.32 Å². The van der Waals surface area contributed by atoms with E-state index in [4.69, 9.17) is 5.11 Å². The maximum absolute atomic E-state index is 10.6. The molecule has 0 fully saturated rings. The number of aliphatic carboxylic acids is 1. The maximum Gasteiger partial charge on any atom is 0.304 e. The average molecular weight is 255 g/mol. The summed E-state index contributed by atoms with van der Waals surface area (Å²) in [5, 5.41) is 12.0. The van der Waals surface area contributed by atoms with Gasteiger partial charge < -0.3 is 10.4 Å². The first-order valence-corrected chi connectivity index (χ1v) is 6.32. The molecule has 0 unspecified atom stereocenters. The van der Waals surface area contributed by atoms with Gasteiger partial charge in [-0.05, 0) is 11.1 Å². The number of benzene rings is 2. The van der Waals surface area contributed by atoms with Crippen molar-refractivity contribution in [2.45, 2.75) is 12.5 Å². The molecule has 0 aromatic heterocycles. The van der Waals surface area contributed by atoms with Crippen LogP contribution in [0, 0.1) is 0 Å². The average Bonchev–Trinajstić information content (AvgIpc) is 2.45. The molecule has 0 bridgehead atoms. The standard InChI is InChI=1S/C16H17NO2/c18-15(19)11-12-17-16(13-7-3-1-4-8-13)14-9-5-2-6-10-14/h1-10,16-17H,11-12H2,(H,18,19). The molecule has 2 aromatic rings. The van der Waals surface area contributed by atoms with Crippen LogP contribution in [0.1, 0.15) is 23.6 Å². The van der Waals surface area contributed by atoms with Crippen LogP contribution in [0.3, 0.4) is 0 Å². The van der Waals surface area contributed by atoms with E-state index >= 15 is 0 Å². The molecule has 98 valence electrons. The van der Waals surface area contributed by atoms with Gasteiger partial charge in [0.15, 0.2) is 0 Å². The highest BCUT2D eigenvalue weighted by atomic mass is 16.4. The minimum Gasteiger partial charge on any atom is -0.481 e. The quantitative estimate of drug-likeness (QED) is 0.834. The van der Waals surface area contributed by atoms with Crippen LogP contribution in [0.2, 0.25) is 0 Å². The van der Waals surface area contributed by atoms with Crippen molar-refractivity contribution in [1.29, 1.82) is 0 Å². The van der Waals surface area contributed by atoms with Crippen molar-refractivity contribution in [3.05, 3.63) is 71.8 Å². The third kappa shape index (κ3) is 3.93. The lowest BCUT2D eigenvalue weighted by molar-refractivity contribution is -0.136. The summed E-state index contributed by atoms with van der Waals surface area (Å²) in [4.78, 5) is 10.6. The molecule has 3 nitrogen and oxygen atoms in total. The largest absolute Gasteiger partial charge is 0.481 e. The first-order valence-electron chi connectivity index (χ1n) is 6.32. The molecule has 2 aromatic carbocycles. The Labute approximate surface area is 112 Å². The molecule has 0 aliphatic rings. The molecule has 0 aliphatic heterocycles. The van der Waals surface area contributed by atoms with Gasteiger partial charge in [-0.3, -0.25) is 4.79 Å². The fourth-order valence-corrected chi connectivity index (χ4v) is 2.04. The van der Waals surface area contributed by atoms with Crippen molar-refractivity contribution >= 4 is 5.97 Å². The van der Waals surface area contributed by atoms with Gasteiger partial charge in [0.1, 0.15) is 0 Å². The van der Waals surface area contributed by atoms with Crippen LogP contribution in [-0.2, 0) is 4.79 Å². The second-order valence-electron chi connectivity index (χ2n) is 4.35. The van der Waals surface area contributed by atoms with Crippen LogP contribution in [0.15, 0.2) is 60.7 Å². The summed E-state index contributed by atoms with van der Waals surface area (Å²) in [6.07, 6.45) is 0.121. The van der Waals surface area contributed by atoms with E-state index in [0.717, 1.165) is 11.1 Å². The summed E-state index contributed by atoms with van der Waals surface area (Å²) in [7, 11) is 0. The van der Waals surface area contributed by atoms with Crippen molar-refractivity contribution in [2.75, 3.05) is 6.54 Å². The predicted octanol–water partition coefficient (Wildman–Crippen LogP) is 2.84. The van der Waals surface area contributed by atoms with Gasteiger partial charge in [-0.25, -0.2) is 0 Å². The van der Waals surface area contributed by atoms with E-state index in [-0.39, 0.29) is 12.5 Å². The van der Waals surface area contributed by atoms with Crippen LogP contribution < -0.4 is 5.32 Å². The SMILES string of the molecule is O=C(O)CCNC(c1ccccc1)c1ccccc1. The summed E-state index contributed by atoms with van der Waals surface area (Å²) >= 11 is 0. The van der Waals surface area contributed by atoms with Crippen molar-refractivity contribution in [3.63, 3.8) is 0 Å². The molecule has 0 aliphatic carbocycles. The number of carboxylic acid groups (broad SMARTS) is 1. The summed E-state index contributed by atoms with van der Waals surface area (Å²) < 4.78 is 0. The summed E-state index contributed by atoms with van der Waals surface area (Å²) in [5.74, 6) is -0.785. The van der Waals surface area contributed by atoms with Gasteiger partial charge in [0.05, 0.1) is 12.5 Å². The Kier molecular flexibility index (Phi) is 4.70. The second kappa shape index (κ2) is 6.71. The summed E-state index contributed by atoms with van der Waals surface area (Å²) in [6.45, 7) is 0.448. The van der Waals surface area contributed by atoms with Crippen LogP contribution in [0.4, 0.5) is 0 Å². The van der Waals surface area contributed by atoms with Gasteiger partial charge in [0.25, 0.3) is 0 Å². The van der Waals surface area contributed by atoms with Crippen LogP contribution in [0.25, 0.3) is 0 Å². The minimum atomic E-state index is -0.785. The lowest BCUT2D eigenvalue weighted by Gasteiger charge is -2.19. The topological polar surface area (TPSA) is 49.3 Å². The number of hydrogen-bond acceptors (Lipinski definition) is 2. The Bertz CT molecular complexity index is 471. The van der Waals surface area contributed by atoms with Gasteiger partial charge in [-0.2, -0.15) is 0 Å². The fraction of sp³-hybridized carbons (Fsp3) is 0.188. The number of carbonyl (C=O) groups is 1. The fourth-order valence-electron chi connectivity index (χ4n) is 2.04. The molecule has 0 heterocycles. The molecule has 19 heavy (non-hydrogen) atoms. The van der Waals surface area contributed by atoms with Gasteiger partial charge in [-0.1, -0.05) is 60.7 Å². The zero-order valence-electron chi connectivity index (χ0n) is 10.6. The molecule has 0 atom stereocenters. The normalized spacial score (nSPS) is 10.6. The molecule has 0 spiro atoms. The van der Waals surface area contributed by atoms with E-state index < -0.39 is 5.97 Å². The van der Waals surface area contributed by atoms with Crippen molar-refractivity contribution < 1.29 is 9.90 Å². The molecule has 0 amide bonds. The first kappa shape index (κ1) is 13.3.